The van der Waals surface area contributed by atoms with Crippen molar-refractivity contribution < 1.29 is 0 Å². The third kappa shape index (κ3) is 33.4. The van der Waals surface area contributed by atoms with E-state index < -0.39 is 12.3 Å². The highest BCUT2D eigenvalue weighted by Gasteiger charge is 2.42. The van der Waals surface area contributed by atoms with Crippen LogP contribution in [0.5, 0.6) is 0 Å². The van der Waals surface area contributed by atoms with Crippen LogP contribution in [0, 0.1) is 62.3 Å². The van der Waals surface area contributed by atoms with Crippen molar-refractivity contribution >= 4 is 51.2 Å². The fraction of sp³-hybridized carbons (Fsp3) is 0.316. The number of benzene rings is 11. The summed E-state index contributed by atoms with van der Waals surface area (Å²) in [5.41, 5.74) is 82.6. The zero-order chi connectivity index (χ0) is 97.0. The summed E-state index contributed by atoms with van der Waals surface area (Å²) in [7, 11) is 0. The second kappa shape index (κ2) is 58.1. The first-order chi connectivity index (χ1) is 65.7. The highest BCUT2D eigenvalue weighted by atomic mass is 15.3. The monoisotopic (exact) mass is 1800 g/mol. The third-order valence-corrected chi connectivity index (χ3v) is 23.9. The smallest absolute Gasteiger partial charge is 0.134 e. The molecule has 0 fully saturated rings. The minimum Gasteiger partial charge on any atom is -0.311 e. The van der Waals surface area contributed by atoms with Gasteiger partial charge in [-0.05, 0) is 292 Å². The van der Waals surface area contributed by atoms with Crippen molar-refractivity contribution in [1.29, 1.82) is 0 Å². The molecule has 1 unspecified atom stereocenters. The quantitative estimate of drug-likeness (QED) is 0.0119. The molecule has 21 nitrogen and oxygen atoms in total. The Balaban J connectivity index is 0.000000231. The standard InChI is InChI=1S/C53H67N.C24H27N.C23H25N.C8H8N12.C6H6N6/c1-7-10-12-14-16-18-36-53(37-19-17-15-13-11-8-2)51-38-41(5)22-34-49(51)50-35-27-45(39-52(50)53)44-25-32-48(33-26-44)54(46-28-20-40(4)21-29-46)47-30-23-43(24-31-47)42(6)9-3;1-4-5-6-21-11-17-24(18-12-21)25(22-13-7-19(2)8-14-22)23-15-9-20(3)10-16-23;1-16-6-10-21(11-7-16)24(22-12-8-17(2)9-13-22)23-19(4)14-18(3)15-20(23)5;9-17-13-7(14-18-10)5-3-1-2-4-6-8(15-19-11)16-20-12;7-11-9-5-3-1-2-4-6-10-12-8/h20-35,38-39,42H,7-19,36-37H2,1-6H3;7-18H,4-6H2,1-3H3;6-15H,1-5H3;1-8H;1-6H/b;;;2*2-1+,5-3+,6-4+. The molecule has 0 saturated heterocycles. The first-order valence-electron chi connectivity index (χ1n) is 47.3. The topological polar surface area (TPSA) is 302 Å². The molecule has 1 aliphatic rings. The molecule has 135 heavy (non-hydrogen) atoms. The van der Waals surface area contributed by atoms with Crippen molar-refractivity contribution in [2.24, 2.45) is 30.7 Å². The highest BCUT2D eigenvalue weighted by molar-refractivity contribution is 5.86. The van der Waals surface area contributed by atoms with Gasteiger partial charge in [-0.2, -0.15) is 0 Å². The molecule has 0 spiro atoms. The molecule has 0 aliphatic heterocycles. The highest BCUT2D eigenvalue weighted by Crippen LogP contribution is 2.56. The van der Waals surface area contributed by atoms with Crippen molar-refractivity contribution in [3.05, 3.63) is 451 Å². The number of azide groups is 4. The number of hydrogen-bond donors (Lipinski definition) is 0. The largest absolute Gasteiger partial charge is 0.311 e. The van der Waals surface area contributed by atoms with Crippen LogP contribution in [0.25, 0.3) is 84.9 Å². The first kappa shape index (κ1) is 105. The van der Waals surface area contributed by atoms with Crippen molar-refractivity contribution in [1.82, 2.24) is 0 Å². The van der Waals surface area contributed by atoms with Crippen LogP contribution in [0.2, 0.25) is 0 Å². The summed E-state index contributed by atoms with van der Waals surface area (Å²) in [5.74, 6) is 0.561. The van der Waals surface area contributed by atoms with E-state index >= 15 is 0 Å². The normalized spacial score (nSPS) is 12.1. The Bertz CT molecular complexity index is 5770. The number of unbranched alkanes of at least 4 members (excludes halogenated alkanes) is 11. The Morgan fingerprint density at radius 1 is 0.304 bits per heavy atom. The van der Waals surface area contributed by atoms with Gasteiger partial charge in [0.05, 0.1) is 5.69 Å². The SMILES string of the molecule is CCCCCCCCC1(CCCCCCCC)c2cc(C)ccc2-c2ccc(-c3ccc(N(c4ccc(C)cc4)c4ccc(C(C)CC)cc4)cc3)cc21.CCCCc1ccc(N(c2ccc(C)cc2)c2ccc(C)cc2)cc1.Cc1ccc(N(c2ccc(C)cc2)c2c(C)cc(C)cc2C)cc1.[N-]=[N+]=N/C=C/C=C/C=C/N=[N+]=[N-].[N-]=[N+]=NC(/C=C/C=C/C=C/C(N=[N+]=[N-])N=[N+]=[N-])N=[N+]=[N-]. The van der Waals surface area contributed by atoms with Gasteiger partial charge >= 0.3 is 0 Å². The van der Waals surface area contributed by atoms with Gasteiger partial charge in [0.25, 0.3) is 0 Å². The van der Waals surface area contributed by atoms with Crippen molar-refractivity contribution in [3.63, 3.8) is 0 Å². The summed E-state index contributed by atoms with van der Waals surface area (Å²) in [4.78, 5) is 22.1. The molecule has 694 valence electrons. The van der Waals surface area contributed by atoms with E-state index in [4.69, 9.17) is 33.2 Å². The number of hydrogen-bond acceptors (Lipinski definition) is 9. The minimum absolute atomic E-state index is 0.0891. The molecule has 1 atom stereocenters. The molecule has 12 rings (SSSR count). The fourth-order valence-corrected chi connectivity index (χ4v) is 16.6. The zero-order valence-corrected chi connectivity index (χ0v) is 81.4. The second-order valence-electron chi connectivity index (χ2n) is 34.4. The van der Waals surface area contributed by atoms with Gasteiger partial charge in [0, 0.05) is 92.8 Å². The van der Waals surface area contributed by atoms with Crippen LogP contribution >= 0.6 is 0 Å². The lowest BCUT2D eigenvalue weighted by Gasteiger charge is -2.33. The molecule has 11 aromatic carbocycles. The van der Waals surface area contributed by atoms with Crippen LogP contribution in [-0.2, 0) is 11.8 Å². The van der Waals surface area contributed by atoms with Gasteiger partial charge in [-0.25, -0.2) is 0 Å². The lowest BCUT2D eigenvalue weighted by molar-refractivity contribution is 0.398. The Morgan fingerprint density at radius 2 is 0.622 bits per heavy atom. The van der Waals surface area contributed by atoms with Crippen LogP contribution in [-0.4, -0.2) is 12.3 Å². The molecule has 11 aromatic rings. The Labute approximate surface area is 800 Å². The lowest BCUT2D eigenvalue weighted by atomic mass is 9.70. The van der Waals surface area contributed by atoms with Gasteiger partial charge in [-0.15, -0.1) is 0 Å². The molecular weight excluding hydrogens is 1660 g/mol. The van der Waals surface area contributed by atoms with E-state index in [1.54, 1.807) is 47.6 Å². The maximum absolute atomic E-state index is 8.20. The minimum atomic E-state index is -0.947. The van der Waals surface area contributed by atoms with Gasteiger partial charge in [-0.3, -0.25) is 0 Å². The molecule has 0 saturated carbocycles. The van der Waals surface area contributed by atoms with Gasteiger partial charge in [-0.1, -0.05) is 388 Å². The summed E-state index contributed by atoms with van der Waals surface area (Å²) in [6.45, 7) is 31.0. The molecule has 21 heteroatoms. The predicted octanol–water partition coefficient (Wildman–Crippen LogP) is 38.3. The molecule has 0 bridgehead atoms. The van der Waals surface area contributed by atoms with Gasteiger partial charge < -0.3 is 14.7 Å². The summed E-state index contributed by atoms with van der Waals surface area (Å²) < 4.78 is 0. The van der Waals surface area contributed by atoms with Gasteiger partial charge in [0.15, 0.2) is 0 Å². The zero-order valence-electron chi connectivity index (χ0n) is 81.4. The van der Waals surface area contributed by atoms with E-state index in [-0.39, 0.29) is 5.41 Å². The molecule has 0 aromatic heterocycles. The van der Waals surface area contributed by atoms with Crippen molar-refractivity contribution in [2.45, 2.75) is 236 Å². The van der Waals surface area contributed by atoms with Crippen LogP contribution in [0.1, 0.15) is 222 Å². The van der Waals surface area contributed by atoms with E-state index in [1.165, 1.54) is 274 Å². The number of nitrogens with zero attached hydrogens (tertiary/aromatic N) is 21. The molecule has 1 aliphatic carbocycles. The maximum Gasteiger partial charge on any atom is 0.134 e. The Morgan fingerprint density at radius 3 is 0.993 bits per heavy atom. The number of anilines is 9. The van der Waals surface area contributed by atoms with E-state index in [0.717, 1.165) is 12.8 Å². The maximum atomic E-state index is 8.20. The Kier molecular flexibility index (Phi) is 45.4. The van der Waals surface area contributed by atoms with E-state index in [0.29, 0.717) is 5.92 Å². The molecular formula is C114H133N21. The second-order valence-corrected chi connectivity index (χ2v) is 34.4. The number of rotatable bonds is 41. The van der Waals surface area contributed by atoms with E-state index in [2.05, 4.69) is 414 Å². The molecule has 0 amide bonds. The van der Waals surface area contributed by atoms with Crippen LogP contribution in [0.4, 0.5) is 51.2 Å². The van der Waals surface area contributed by atoms with Crippen LogP contribution in [0.3, 0.4) is 0 Å². The predicted molar refractivity (Wildman–Crippen MR) is 568 cm³/mol. The van der Waals surface area contributed by atoms with Crippen LogP contribution < -0.4 is 14.7 Å². The van der Waals surface area contributed by atoms with Crippen molar-refractivity contribution in [3.8, 4) is 22.3 Å². The number of allylic oxidation sites excluding steroid dienone is 8. The summed E-state index contributed by atoms with van der Waals surface area (Å²) in [6, 6.07) is 90.7. The van der Waals surface area contributed by atoms with Gasteiger partial charge in [0.1, 0.15) is 12.3 Å². The number of aryl methyl sites for hydroxylation is 10. The van der Waals surface area contributed by atoms with Crippen molar-refractivity contribution in [2.75, 3.05) is 14.7 Å². The fourth-order valence-electron chi connectivity index (χ4n) is 16.6. The molecule has 0 heterocycles. The lowest BCUT2D eigenvalue weighted by Crippen LogP contribution is -2.25. The summed E-state index contributed by atoms with van der Waals surface area (Å²) in [6.07, 6.45) is 39.3. The molecule has 0 radical (unpaired) electrons. The van der Waals surface area contributed by atoms with E-state index in [1.807, 2.05) is 0 Å². The molecule has 0 N–H and O–H groups in total. The summed E-state index contributed by atoms with van der Waals surface area (Å²) >= 11 is 0. The first-order valence-corrected chi connectivity index (χ1v) is 47.3. The average molecular weight is 1800 g/mol. The van der Waals surface area contributed by atoms with Crippen LogP contribution in [0.15, 0.2) is 347 Å². The summed E-state index contributed by atoms with van der Waals surface area (Å²) in [5, 5.41) is 19.2. The Hall–Kier alpha value is -14.9. The number of fused-ring (bicyclic) bond motifs is 3. The average Bonchev–Trinajstić information content (AvgIpc) is 1.56. The van der Waals surface area contributed by atoms with Gasteiger partial charge in [0.2, 0.25) is 0 Å². The van der Waals surface area contributed by atoms with E-state index in [9.17, 15) is 0 Å². The third-order valence-electron chi connectivity index (χ3n) is 23.9.